The highest BCUT2D eigenvalue weighted by atomic mass is 16.5. The third-order valence-corrected chi connectivity index (χ3v) is 14.5. The van der Waals surface area contributed by atoms with Gasteiger partial charge in [-0.05, 0) is 109 Å². The predicted molar refractivity (Wildman–Crippen MR) is 176 cm³/mol. The Bertz CT molecular complexity index is 1480. The molecule has 0 amide bonds. The zero-order valence-electron chi connectivity index (χ0n) is 28.1. The number of carboxylic acids is 1. The van der Waals surface area contributed by atoms with E-state index in [2.05, 4.69) is 40.3 Å². The first-order chi connectivity index (χ1) is 21.5. The second-order valence-electron chi connectivity index (χ2n) is 16.5. The van der Waals surface area contributed by atoms with Gasteiger partial charge in [-0.25, -0.2) is 4.79 Å². The molecule has 0 bridgehead atoms. The molecule has 1 aromatic rings. The van der Waals surface area contributed by atoms with Crippen molar-refractivity contribution in [3.63, 3.8) is 0 Å². The molecule has 7 heteroatoms. The van der Waals surface area contributed by atoms with Crippen molar-refractivity contribution in [3.8, 4) is 5.75 Å². The maximum Gasteiger partial charge on any atom is 0.330 e. The number of esters is 1. The molecule has 0 saturated heterocycles. The van der Waals surface area contributed by atoms with Gasteiger partial charge in [0.05, 0.1) is 24.2 Å². The molecule has 7 nitrogen and oxygen atoms in total. The van der Waals surface area contributed by atoms with Crippen molar-refractivity contribution in [1.29, 1.82) is 0 Å². The summed E-state index contributed by atoms with van der Waals surface area (Å²) in [7, 11) is 0. The lowest BCUT2D eigenvalue weighted by molar-refractivity contribution is -0.244. The molecule has 4 saturated carbocycles. The summed E-state index contributed by atoms with van der Waals surface area (Å²) in [5.74, 6) is -0.728. The van der Waals surface area contributed by atoms with Gasteiger partial charge in [0, 0.05) is 17.4 Å². The number of ether oxygens (including phenoxy) is 1. The van der Waals surface area contributed by atoms with Gasteiger partial charge in [-0.3, -0.25) is 4.79 Å². The van der Waals surface area contributed by atoms with Gasteiger partial charge in [0.25, 0.3) is 0 Å². The molecule has 250 valence electrons. The minimum absolute atomic E-state index is 0.00700. The first-order valence-corrected chi connectivity index (χ1v) is 17.2. The molecule has 0 aliphatic heterocycles. The van der Waals surface area contributed by atoms with E-state index in [4.69, 9.17) is 4.74 Å². The Hall–Kier alpha value is -2.90. The quantitative estimate of drug-likeness (QED) is 0.158. The number of aliphatic hydroxyl groups excluding tert-OH is 2. The lowest BCUT2D eigenvalue weighted by Gasteiger charge is -2.71. The van der Waals surface area contributed by atoms with Crippen LogP contribution in [0.3, 0.4) is 0 Å². The summed E-state index contributed by atoms with van der Waals surface area (Å²) in [6.07, 6.45) is 9.33. The van der Waals surface area contributed by atoms with Gasteiger partial charge in [0.1, 0.15) is 5.75 Å². The number of aliphatic hydroxyl groups is 2. The van der Waals surface area contributed by atoms with E-state index in [0.717, 1.165) is 43.2 Å². The minimum atomic E-state index is -1.04. The molecule has 0 radical (unpaired) electrons. The summed E-state index contributed by atoms with van der Waals surface area (Å²) in [5, 5.41) is 43.1. The van der Waals surface area contributed by atoms with Crippen molar-refractivity contribution >= 4 is 18.0 Å². The number of benzene rings is 1. The molecule has 5 aliphatic rings. The van der Waals surface area contributed by atoms with Crippen molar-refractivity contribution in [2.24, 2.45) is 50.7 Å². The van der Waals surface area contributed by atoms with E-state index in [1.165, 1.54) is 11.6 Å². The van der Waals surface area contributed by atoms with E-state index < -0.39 is 35.0 Å². The highest BCUT2D eigenvalue weighted by Crippen LogP contribution is 2.75. The highest BCUT2D eigenvalue weighted by Gasteiger charge is 2.70. The lowest BCUT2D eigenvalue weighted by atomic mass is 9.33. The van der Waals surface area contributed by atoms with E-state index in [0.29, 0.717) is 19.3 Å². The van der Waals surface area contributed by atoms with Crippen molar-refractivity contribution < 1.29 is 34.8 Å². The molecule has 11 unspecified atom stereocenters. The highest BCUT2D eigenvalue weighted by molar-refractivity contribution is 5.87. The number of hydrogen-bond donors (Lipinski definition) is 4. The van der Waals surface area contributed by atoms with Crippen LogP contribution in [0.15, 0.2) is 54.1 Å². The molecule has 1 aromatic carbocycles. The first kappa shape index (κ1) is 33.0. The fourth-order valence-electron chi connectivity index (χ4n) is 11.6. The normalized spacial score (nSPS) is 45.1. The van der Waals surface area contributed by atoms with Crippen molar-refractivity contribution in [3.05, 3.63) is 59.7 Å². The number of carbonyl (C=O) groups excluding carboxylic acids is 1. The molecule has 11 atom stereocenters. The van der Waals surface area contributed by atoms with Gasteiger partial charge < -0.3 is 25.2 Å². The average molecular weight is 633 g/mol. The number of hydrogen-bond acceptors (Lipinski definition) is 6. The van der Waals surface area contributed by atoms with E-state index in [-0.39, 0.29) is 52.3 Å². The number of carboxylic acid groups (broad SMARTS) is 1. The monoisotopic (exact) mass is 632 g/mol. The van der Waals surface area contributed by atoms with Gasteiger partial charge in [-0.15, -0.1) is 0 Å². The number of phenolic OH excluding ortho intramolecular Hbond substituents is 1. The van der Waals surface area contributed by atoms with Crippen molar-refractivity contribution in [2.75, 3.05) is 6.61 Å². The molecule has 6 rings (SSSR count). The van der Waals surface area contributed by atoms with Crippen molar-refractivity contribution in [1.82, 2.24) is 0 Å². The molecule has 0 heterocycles. The Labute approximate surface area is 273 Å². The van der Waals surface area contributed by atoms with Crippen LogP contribution in [0.2, 0.25) is 0 Å². The number of fused-ring (bicyclic) bond motifs is 7. The van der Waals surface area contributed by atoms with Crippen LogP contribution in [0.25, 0.3) is 6.08 Å². The number of aromatic hydroxyl groups is 1. The van der Waals surface area contributed by atoms with E-state index in [1.54, 1.807) is 30.3 Å². The number of rotatable bonds is 5. The van der Waals surface area contributed by atoms with E-state index in [1.807, 2.05) is 6.92 Å². The van der Waals surface area contributed by atoms with Gasteiger partial charge in [0.2, 0.25) is 0 Å². The van der Waals surface area contributed by atoms with Crippen LogP contribution in [0.5, 0.6) is 5.75 Å². The van der Waals surface area contributed by atoms with Crippen LogP contribution >= 0.6 is 0 Å². The fourth-order valence-corrected chi connectivity index (χ4v) is 11.6. The van der Waals surface area contributed by atoms with E-state index >= 15 is 0 Å². The smallest absolute Gasteiger partial charge is 0.330 e. The van der Waals surface area contributed by atoms with Gasteiger partial charge in [0.15, 0.2) is 0 Å². The standard InChI is InChI=1S/C39H52O7/c1-23-15-18-39(34(44)45)20-19-37(5)27(32(39)24(23)2)12-13-30-35(3)21-28(41)33(43)36(4,29(35)16-17-38(30,37)6)22-46-31(42)14-9-25-7-10-26(40)11-8-25/h7-12,14,23,28-30,32-33,40-41,43H,2,13,15-22H2,1,3-6H3,(H,44,45). The van der Waals surface area contributed by atoms with Crippen LogP contribution in [-0.4, -0.2) is 51.2 Å². The Kier molecular flexibility index (Phi) is 7.96. The van der Waals surface area contributed by atoms with E-state index in [9.17, 15) is 30.0 Å². The van der Waals surface area contributed by atoms with Crippen LogP contribution in [0.4, 0.5) is 0 Å². The maximum absolute atomic E-state index is 12.9. The summed E-state index contributed by atoms with van der Waals surface area (Å²) in [6, 6.07) is 6.51. The number of aliphatic carboxylic acids is 1. The Morgan fingerprint density at radius 3 is 2.37 bits per heavy atom. The van der Waals surface area contributed by atoms with Crippen LogP contribution in [-0.2, 0) is 14.3 Å². The summed E-state index contributed by atoms with van der Waals surface area (Å²) in [6.45, 7) is 15.7. The fraction of sp³-hybridized carbons (Fsp3) is 0.641. The average Bonchev–Trinajstić information content (AvgIpc) is 3.00. The molecule has 0 aromatic heterocycles. The Morgan fingerprint density at radius 1 is 1.00 bits per heavy atom. The third kappa shape index (κ3) is 4.58. The Morgan fingerprint density at radius 2 is 1.70 bits per heavy atom. The number of allylic oxidation sites excluding steroid dienone is 3. The summed E-state index contributed by atoms with van der Waals surface area (Å²) in [5.41, 5.74) is 0.766. The molecule has 0 spiro atoms. The molecule has 4 fully saturated rings. The summed E-state index contributed by atoms with van der Waals surface area (Å²) < 4.78 is 5.80. The molecular weight excluding hydrogens is 580 g/mol. The third-order valence-electron chi connectivity index (χ3n) is 14.5. The Balaban J connectivity index is 1.31. The van der Waals surface area contributed by atoms with Gasteiger partial charge >= 0.3 is 11.9 Å². The number of phenols is 1. The maximum atomic E-state index is 12.9. The molecule has 46 heavy (non-hydrogen) atoms. The largest absolute Gasteiger partial charge is 0.508 e. The zero-order chi connectivity index (χ0) is 33.4. The molecule has 5 aliphatic carbocycles. The first-order valence-electron chi connectivity index (χ1n) is 17.2. The van der Waals surface area contributed by atoms with Crippen molar-refractivity contribution in [2.45, 2.75) is 98.2 Å². The SMILES string of the molecule is C=C1C(C)CCC2(C(=O)O)CCC3(C)C(=CCC4C5(C)CC(O)C(O)C(C)(COC(=O)C=Cc6ccc(O)cc6)C5CCC43C)C12. The summed E-state index contributed by atoms with van der Waals surface area (Å²) in [4.78, 5) is 25.8. The van der Waals surface area contributed by atoms with Crippen LogP contribution < -0.4 is 0 Å². The summed E-state index contributed by atoms with van der Waals surface area (Å²) >= 11 is 0. The predicted octanol–water partition coefficient (Wildman–Crippen LogP) is 6.92. The topological polar surface area (TPSA) is 124 Å². The van der Waals surface area contributed by atoms with Crippen LogP contribution in [0.1, 0.15) is 91.5 Å². The second-order valence-corrected chi connectivity index (χ2v) is 16.5. The lowest BCUT2D eigenvalue weighted by Crippen LogP contribution is -2.68. The van der Waals surface area contributed by atoms with Gasteiger partial charge in [-0.2, -0.15) is 0 Å². The zero-order valence-corrected chi connectivity index (χ0v) is 28.1. The minimum Gasteiger partial charge on any atom is -0.508 e. The second kappa shape index (κ2) is 11.1. The molecule has 4 N–H and O–H groups in total. The number of carbonyl (C=O) groups is 2. The van der Waals surface area contributed by atoms with Crippen LogP contribution in [0, 0.1) is 50.7 Å². The molecular formula is C39H52O7. The van der Waals surface area contributed by atoms with Gasteiger partial charge in [-0.1, -0.05) is 70.6 Å².